The highest BCUT2D eigenvalue weighted by atomic mass is 16.4. The van der Waals surface area contributed by atoms with Crippen molar-refractivity contribution in [1.82, 2.24) is 5.32 Å². The van der Waals surface area contributed by atoms with Crippen LogP contribution < -0.4 is 5.32 Å². The Morgan fingerprint density at radius 2 is 2.00 bits per heavy atom. The number of nitriles is 1. The molecular weight excluding hydrogens is 160 g/mol. The number of carboxylic acid groups (broad SMARTS) is 1. The Hall–Kier alpha value is -1.57. The van der Waals surface area contributed by atoms with Crippen molar-refractivity contribution in [3.8, 4) is 6.07 Å². The first kappa shape index (κ1) is 10.4. The minimum absolute atomic E-state index is 0.0988. The third kappa shape index (κ3) is 3.01. The van der Waals surface area contributed by atoms with E-state index in [1.54, 1.807) is 19.9 Å². The van der Waals surface area contributed by atoms with E-state index in [0.717, 1.165) is 0 Å². The van der Waals surface area contributed by atoms with Gasteiger partial charge in [0.25, 0.3) is 0 Å². The molecule has 1 atom stereocenters. The summed E-state index contributed by atoms with van der Waals surface area (Å²) in [4.78, 5) is 20.6. The Morgan fingerprint density at radius 3 is 2.25 bits per heavy atom. The maximum absolute atomic E-state index is 10.6. The second-order valence-electron chi connectivity index (χ2n) is 2.63. The van der Waals surface area contributed by atoms with E-state index in [1.165, 1.54) is 0 Å². The molecular formula is C7H10N2O3. The summed E-state index contributed by atoms with van der Waals surface area (Å²) in [6, 6.07) is 1.05. The molecule has 1 unspecified atom stereocenters. The molecule has 0 aliphatic heterocycles. The van der Waals surface area contributed by atoms with Crippen LogP contribution in [0.15, 0.2) is 0 Å². The molecule has 0 saturated heterocycles. The summed E-state index contributed by atoms with van der Waals surface area (Å²) in [6.07, 6.45) is 0. The first-order valence-electron chi connectivity index (χ1n) is 3.42. The largest absolute Gasteiger partial charge is 0.474 e. The van der Waals surface area contributed by atoms with Gasteiger partial charge in [-0.1, -0.05) is 13.8 Å². The fraction of sp³-hybridized carbons (Fsp3) is 0.571. The fourth-order valence-electron chi connectivity index (χ4n) is 0.551. The summed E-state index contributed by atoms with van der Waals surface area (Å²) in [5.41, 5.74) is 0. The predicted octanol–water partition coefficient (Wildman–Crippen LogP) is -0.265. The molecule has 12 heavy (non-hydrogen) atoms. The highest BCUT2D eigenvalue weighted by Gasteiger charge is 2.19. The molecule has 0 radical (unpaired) electrons. The summed E-state index contributed by atoms with van der Waals surface area (Å²) >= 11 is 0. The smallest absolute Gasteiger partial charge is 0.394 e. The van der Waals surface area contributed by atoms with Crippen molar-refractivity contribution in [2.45, 2.75) is 19.9 Å². The normalized spacial score (nSPS) is 11.8. The summed E-state index contributed by atoms with van der Waals surface area (Å²) in [5.74, 6) is -2.82. The Bertz CT molecular complexity index is 229. The monoisotopic (exact) mass is 170 g/mol. The third-order valence-electron chi connectivity index (χ3n) is 1.29. The van der Waals surface area contributed by atoms with Crippen LogP contribution in [0.5, 0.6) is 0 Å². The number of nitrogens with one attached hydrogen (secondary N) is 1. The van der Waals surface area contributed by atoms with Gasteiger partial charge >= 0.3 is 11.9 Å². The van der Waals surface area contributed by atoms with Crippen LogP contribution in [0.3, 0.4) is 0 Å². The van der Waals surface area contributed by atoms with Gasteiger partial charge in [-0.05, 0) is 5.92 Å². The first-order valence-corrected chi connectivity index (χ1v) is 3.42. The summed E-state index contributed by atoms with van der Waals surface area (Å²) in [5, 5.41) is 18.7. The molecule has 0 rings (SSSR count). The Balaban J connectivity index is 4.15. The van der Waals surface area contributed by atoms with Gasteiger partial charge in [-0.3, -0.25) is 4.79 Å². The van der Waals surface area contributed by atoms with E-state index >= 15 is 0 Å². The number of aliphatic carboxylic acids is 1. The zero-order valence-electron chi connectivity index (χ0n) is 6.87. The van der Waals surface area contributed by atoms with Crippen LogP contribution in [0.25, 0.3) is 0 Å². The lowest BCUT2D eigenvalue weighted by atomic mass is 10.1. The molecule has 0 aromatic rings. The van der Waals surface area contributed by atoms with E-state index in [9.17, 15) is 9.59 Å². The van der Waals surface area contributed by atoms with Gasteiger partial charge in [0, 0.05) is 0 Å². The number of carboxylic acids is 1. The molecule has 0 saturated carbocycles. The van der Waals surface area contributed by atoms with Crippen LogP contribution in [-0.4, -0.2) is 23.0 Å². The molecule has 66 valence electrons. The van der Waals surface area contributed by atoms with Gasteiger partial charge in [0.1, 0.15) is 6.04 Å². The lowest BCUT2D eigenvalue weighted by Crippen LogP contribution is -2.41. The van der Waals surface area contributed by atoms with Crippen LogP contribution in [-0.2, 0) is 9.59 Å². The minimum Gasteiger partial charge on any atom is -0.474 e. The van der Waals surface area contributed by atoms with Crippen molar-refractivity contribution in [2.24, 2.45) is 5.92 Å². The lowest BCUT2D eigenvalue weighted by Gasteiger charge is -2.12. The first-order chi connectivity index (χ1) is 5.49. The average Bonchev–Trinajstić information content (AvgIpc) is 1.98. The van der Waals surface area contributed by atoms with E-state index < -0.39 is 17.9 Å². The van der Waals surface area contributed by atoms with Gasteiger partial charge in [-0.15, -0.1) is 0 Å². The SMILES string of the molecule is CC(C)C(C#N)NC(=O)C(=O)O. The van der Waals surface area contributed by atoms with Crippen molar-refractivity contribution in [3.05, 3.63) is 0 Å². The maximum Gasteiger partial charge on any atom is 0.394 e. The number of carbonyl (C=O) groups is 2. The molecule has 0 heterocycles. The fourth-order valence-corrected chi connectivity index (χ4v) is 0.551. The molecule has 5 heteroatoms. The van der Waals surface area contributed by atoms with E-state index in [-0.39, 0.29) is 5.92 Å². The van der Waals surface area contributed by atoms with Crippen LogP contribution in [0.2, 0.25) is 0 Å². The summed E-state index contributed by atoms with van der Waals surface area (Å²) in [7, 11) is 0. The number of hydrogen-bond acceptors (Lipinski definition) is 3. The molecule has 2 N–H and O–H groups in total. The van der Waals surface area contributed by atoms with Crippen LogP contribution in [0.1, 0.15) is 13.8 Å². The van der Waals surface area contributed by atoms with E-state index in [4.69, 9.17) is 10.4 Å². The van der Waals surface area contributed by atoms with Crippen molar-refractivity contribution >= 4 is 11.9 Å². The summed E-state index contributed by atoms with van der Waals surface area (Å²) in [6.45, 7) is 3.44. The van der Waals surface area contributed by atoms with E-state index in [2.05, 4.69) is 5.32 Å². The van der Waals surface area contributed by atoms with Gasteiger partial charge in [0.2, 0.25) is 0 Å². The van der Waals surface area contributed by atoms with Crippen molar-refractivity contribution in [3.63, 3.8) is 0 Å². The zero-order valence-corrected chi connectivity index (χ0v) is 6.87. The van der Waals surface area contributed by atoms with Gasteiger partial charge < -0.3 is 10.4 Å². The van der Waals surface area contributed by atoms with Crippen LogP contribution in [0, 0.1) is 17.2 Å². The summed E-state index contributed by atoms with van der Waals surface area (Å²) < 4.78 is 0. The second kappa shape index (κ2) is 4.34. The van der Waals surface area contributed by atoms with Gasteiger partial charge in [0.05, 0.1) is 6.07 Å². The molecule has 1 amide bonds. The van der Waals surface area contributed by atoms with Crippen molar-refractivity contribution in [2.75, 3.05) is 0 Å². The van der Waals surface area contributed by atoms with E-state index in [1.807, 2.05) is 0 Å². The topological polar surface area (TPSA) is 90.2 Å². The van der Waals surface area contributed by atoms with Crippen LogP contribution in [0.4, 0.5) is 0 Å². The van der Waals surface area contributed by atoms with Crippen LogP contribution >= 0.6 is 0 Å². The van der Waals surface area contributed by atoms with Crippen molar-refractivity contribution in [1.29, 1.82) is 5.26 Å². The second-order valence-corrected chi connectivity index (χ2v) is 2.63. The molecule has 0 bridgehead atoms. The highest BCUT2D eigenvalue weighted by Crippen LogP contribution is 1.98. The molecule has 0 spiro atoms. The molecule has 5 nitrogen and oxygen atoms in total. The highest BCUT2D eigenvalue weighted by molar-refractivity contribution is 6.31. The quantitative estimate of drug-likeness (QED) is 0.558. The van der Waals surface area contributed by atoms with Gasteiger partial charge in [-0.25, -0.2) is 4.79 Å². The molecule has 0 aromatic heterocycles. The maximum atomic E-state index is 10.6. The standard InChI is InChI=1S/C7H10N2O3/c1-4(2)5(3-8)9-6(10)7(11)12/h4-5H,1-2H3,(H,9,10)(H,11,12). The number of nitrogens with zero attached hydrogens (tertiary/aromatic N) is 1. The number of carbonyl (C=O) groups excluding carboxylic acids is 1. The third-order valence-corrected chi connectivity index (χ3v) is 1.29. The number of hydrogen-bond donors (Lipinski definition) is 2. The van der Waals surface area contributed by atoms with Crippen molar-refractivity contribution < 1.29 is 14.7 Å². The molecule has 0 aliphatic carbocycles. The average molecular weight is 170 g/mol. The molecule has 0 aliphatic rings. The molecule has 0 fully saturated rings. The minimum atomic E-state index is -1.57. The van der Waals surface area contributed by atoms with Gasteiger partial charge in [0.15, 0.2) is 0 Å². The van der Waals surface area contributed by atoms with Gasteiger partial charge in [-0.2, -0.15) is 5.26 Å². The Labute approximate surface area is 70.0 Å². The van der Waals surface area contributed by atoms with E-state index in [0.29, 0.717) is 0 Å². The predicted molar refractivity (Wildman–Crippen MR) is 40.0 cm³/mol. The zero-order chi connectivity index (χ0) is 9.72. The Kier molecular flexibility index (Phi) is 3.77. The lowest BCUT2D eigenvalue weighted by molar-refractivity contribution is -0.150. The number of rotatable bonds is 2. The Morgan fingerprint density at radius 1 is 1.50 bits per heavy atom. The molecule has 0 aromatic carbocycles. The number of amides is 1.